The second-order valence-electron chi connectivity index (χ2n) is 21.5. The van der Waals surface area contributed by atoms with Gasteiger partial charge in [0.1, 0.15) is 6.10 Å². The number of esters is 1. The standard InChI is InChI=1S/C47H73N3O6/c1-30(2)39-33(51)26-47(36(52)29-50(25-24-49(10)11)28-31-16-22-48-23-17-31)21-20-45(8)32(40(39)47)12-13-35-44(7)18-15-37(56-38(53)27-42(3,4)41(54)55)43(5,6)34(44)14-19-46(35,45)9/h16-17,22-23,30,32,34-37,52H,12-15,18-21,24-29H2,1-11H3,(H,54,55)/t32-,34-,35+,36?,37?,44+,45-,46-,47+/m1/s1. The van der Waals surface area contributed by atoms with Gasteiger partial charge in [0.15, 0.2) is 5.78 Å². The number of hydrogen-bond acceptors (Lipinski definition) is 8. The highest BCUT2D eigenvalue weighted by Gasteiger charge is 2.71. The van der Waals surface area contributed by atoms with E-state index in [1.807, 2.05) is 12.4 Å². The maximum atomic E-state index is 14.3. The van der Waals surface area contributed by atoms with E-state index in [4.69, 9.17) is 4.74 Å². The van der Waals surface area contributed by atoms with Gasteiger partial charge >= 0.3 is 11.9 Å². The third-order valence-corrected chi connectivity index (χ3v) is 17.0. The Kier molecular flexibility index (Phi) is 11.7. The van der Waals surface area contributed by atoms with Gasteiger partial charge in [0.05, 0.1) is 17.9 Å². The van der Waals surface area contributed by atoms with Crippen LogP contribution in [0.3, 0.4) is 0 Å². The van der Waals surface area contributed by atoms with E-state index in [9.17, 15) is 24.6 Å². The molecule has 9 nitrogen and oxygen atoms in total. The molecule has 0 bridgehead atoms. The van der Waals surface area contributed by atoms with Gasteiger partial charge in [-0.25, -0.2) is 0 Å². The van der Waals surface area contributed by atoms with Crippen molar-refractivity contribution in [3.8, 4) is 0 Å². The summed E-state index contributed by atoms with van der Waals surface area (Å²) < 4.78 is 6.19. The van der Waals surface area contributed by atoms with Crippen LogP contribution in [-0.2, 0) is 25.7 Å². The van der Waals surface area contributed by atoms with Crippen LogP contribution in [-0.4, -0.2) is 88.7 Å². The van der Waals surface area contributed by atoms with Crippen LogP contribution in [0.1, 0.15) is 132 Å². The summed E-state index contributed by atoms with van der Waals surface area (Å²) in [6, 6.07) is 4.11. The number of aliphatic carboxylic acids is 1. The molecule has 0 aliphatic heterocycles. The zero-order chi connectivity index (χ0) is 41.2. The first kappa shape index (κ1) is 43.0. The molecule has 9 heteroatoms. The van der Waals surface area contributed by atoms with Crippen LogP contribution in [0, 0.1) is 56.2 Å². The molecule has 6 rings (SSSR count). The number of aromatic nitrogens is 1. The molecule has 1 aromatic rings. The van der Waals surface area contributed by atoms with Crippen molar-refractivity contribution in [1.82, 2.24) is 14.8 Å². The van der Waals surface area contributed by atoms with Crippen molar-refractivity contribution in [3.05, 3.63) is 41.2 Å². The van der Waals surface area contributed by atoms with Crippen LogP contribution in [0.5, 0.6) is 0 Å². The van der Waals surface area contributed by atoms with Gasteiger partial charge in [-0.15, -0.1) is 0 Å². The maximum Gasteiger partial charge on any atom is 0.309 e. The molecule has 0 aromatic carbocycles. The molecule has 9 atom stereocenters. The number of allylic oxidation sites excluding steroid dienone is 1. The number of rotatable bonds is 13. The van der Waals surface area contributed by atoms with Crippen molar-refractivity contribution < 1.29 is 29.3 Å². The number of carbonyl (C=O) groups excluding carboxylic acids is 2. The minimum absolute atomic E-state index is 0.0231. The van der Waals surface area contributed by atoms with Gasteiger partial charge < -0.3 is 19.8 Å². The summed E-state index contributed by atoms with van der Waals surface area (Å²) in [5.41, 5.74) is 1.61. The van der Waals surface area contributed by atoms with Gasteiger partial charge in [-0.2, -0.15) is 0 Å². The molecule has 0 amide bonds. The summed E-state index contributed by atoms with van der Waals surface area (Å²) in [5.74, 6) is 0.0379. The molecular weight excluding hydrogens is 703 g/mol. The Labute approximate surface area is 337 Å². The zero-order valence-corrected chi connectivity index (χ0v) is 36.5. The fourth-order valence-electron chi connectivity index (χ4n) is 13.7. The number of likely N-dealkylation sites (N-methyl/N-ethyl adjacent to an activating group) is 1. The van der Waals surface area contributed by atoms with E-state index in [1.165, 1.54) is 11.1 Å². The van der Waals surface area contributed by atoms with Crippen LogP contribution < -0.4 is 0 Å². The van der Waals surface area contributed by atoms with Gasteiger partial charge in [-0.05, 0) is 142 Å². The Bertz CT molecular complexity index is 1690. The average molecular weight is 776 g/mol. The summed E-state index contributed by atoms with van der Waals surface area (Å²) >= 11 is 0. The van der Waals surface area contributed by atoms with Crippen molar-refractivity contribution in [2.45, 2.75) is 145 Å². The van der Waals surface area contributed by atoms with E-state index in [-0.39, 0.29) is 51.8 Å². The molecule has 2 unspecified atom stereocenters. The number of nitrogens with zero attached hydrogens (tertiary/aromatic N) is 3. The quantitative estimate of drug-likeness (QED) is 0.191. The molecule has 4 fully saturated rings. The number of aliphatic hydroxyl groups is 1. The molecule has 1 aromatic heterocycles. The molecule has 5 aliphatic rings. The SMILES string of the molecule is CC(C)C1=C2[C@H]3CC[C@H]4[C@@]5(C)CCC(OC(=O)CC(C)(C)C(=O)O)C(C)(C)[C@H]5CC[C@@]4(C)[C@]3(C)CC[C@@]2(C(O)CN(CCN(C)C)Cc2ccncc2)CC1=O. The monoisotopic (exact) mass is 776 g/mol. The number of aliphatic hydroxyl groups excluding tert-OH is 1. The first-order valence-electron chi connectivity index (χ1n) is 21.7. The number of pyridine rings is 1. The number of carboxylic acid groups (broad SMARTS) is 1. The van der Waals surface area contributed by atoms with Crippen LogP contribution in [0.4, 0.5) is 0 Å². The summed E-state index contributed by atoms with van der Waals surface area (Å²) in [4.78, 5) is 48.0. The number of hydrogen-bond donors (Lipinski definition) is 2. The number of carboxylic acids is 1. The molecule has 2 N–H and O–H groups in total. The van der Waals surface area contributed by atoms with E-state index in [1.54, 1.807) is 13.8 Å². The zero-order valence-electron chi connectivity index (χ0n) is 36.5. The Morgan fingerprint density at radius 1 is 0.929 bits per heavy atom. The van der Waals surface area contributed by atoms with Gasteiger partial charge in [0, 0.05) is 55.8 Å². The minimum atomic E-state index is -1.17. The van der Waals surface area contributed by atoms with Crippen molar-refractivity contribution in [2.24, 2.45) is 56.2 Å². The van der Waals surface area contributed by atoms with E-state index < -0.39 is 28.9 Å². The van der Waals surface area contributed by atoms with Gasteiger partial charge in [0.25, 0.3) is 0 Å². The van der Waals surface area contributed by atoms with Crippen molar-refractivity contribution >= 4 is 17.7 Å². The van der Waals surface area contributed by atoms with E-state index in [2.05, 4.69) is 89.5 Å². The largest absolute Gasteiger partial charge is 0.481 e. The highest BCUT2D eigenvalue weighted by molar-refractivity contribution is 6.00. The first-order chi connectivity index (χ1) is 26.0. The molecule has 0 radical (unpaired) electrons. The summed E-state index contributed by atoms with van der Waals surface area (Å²) in [5, 5.41) is 22.3. The summed E-state index contributed by atoms with van der Waals surface area (Å²) in [7, 11) is 4.18. The third kappa shape index (κ3) is 7.12. The molecule has 0 saturated heterocycles. The number of carbonyl (C=O) groups is 3. The second-order valence-corrected chi connectivity index (χ2v) is 21.5. The molecule has 4 saturated carbocycles. The van der Waals surface area contributed by atoms with Crippen molar-refractivity contribution in [1.29, 1.82) is 0 Å². The predicted octanol–water partition coefficient (Wildman–Crippen LogP) is 8.20. The van der Waals surface area contributed by atoms with E-state index in [0.717, 1.165) is 76.6 Å². The number of ether oxygens (including phenoxy) is 1. The fraction of sp³-hybridized carbons (Fsp3) is 0.787. The number of ketones is 1. The highest BCUT2D eigenvalue weighted by Crippen LogP contribution is 2.77. The van der Waals surface area contributed by atoms with Crippen LogP contribution in [0.15, 0.2) is 35.7 Å². The lowest BCUT2D eigenvalue weighted by atomic mass is 9.33. The Morgan fingerprint density at radius 3 is 2.23 bits per heavy atom. The van der Waals surface area contributed by atoms with Crippen LogP contribution in [0.2, 0.25) is 0 Å². The van der Waals surface area contributed by atoms with Crippen molar-refractivity contribution in [2.75, 3.05) is 33.7 Å². The number of fused-ring (bicyclic) bond motifs is 7. The molecule has 312 valence electrons. The van der Waals surface area contributed by atoms with Crippen molar-refractivity contribution in [3.63, 3.8) is 0 Å². The lowest BCUT2D eigenvalue weighted by Gasteiger charge is -2.72. The van der Waals surface area contributed by atoms with Gasteiger partial charge in [-0.3, -0.25) is 24.3 Å². The first-order valence-corrected chi connectivity index (χ1v) is 21.7. The van der Waals surface area contributed by atoms with Crippen LogP contribution >= 0.6 is 0 Å². The molecular formula is C47H73N3O6. The topological polar surface area (TPSA) is 120 Å². The van der Waals surface area contributed by atoms with Gasteiger partial charge in [0.2, 0.25) is 0 Å². The normalized spacial score (nSPS) is 35.9. The highest BCUT2D eigenvalue weighted by atomic mass is 16.5. The average Bonchev–Trinajstić information content (AvgIpc) is 3.42. The van der Waals surface area contributed by atoms with E-state index >= 15 is 0 Å². The maximum absolute atomic E-state index is 14.3. The summed E-state index contributed by atoms with van der Waals surface area (Å²) in [6.07, 6.45) is 10.9. The molecule has 5 aliphatic carbocycles. The molecule has 56 heavy (non-hydrogen) atoms. The third-order valence-electron chi connectivity index (χ3n) is 17.0. The van der Waals surface area contributed by atoms with Crippen LogP contribution in [0.25, 0.3) is 0 Å². The lowest BCUT2D eigenvalue weighted by Crippen LogP contribution is -2.66. The summed E-state index contributed by atoms with van der Waals surface area (Å²) in [6.45, 7) is 22.7. The number of Topliss-reactive ketones (excluding diaryl/α,β-unsaturated/α-hetero) is 1. The van der Waals surface area contributed by atoms with E-state index in [0.29, 0.717) is 24.8 Å². The minimum Gasteiger partial charge on any atom is -0.481 e. The Balaban J connectivity index is 1.29. The molecule has 0 spiro atoms. The molecule has 1 heterocycles. The Morgan fingerprint density at radius 2 is 1.61 bits per heavy atom. The smallest absolute Gasteiger partial charge is 0.309 e. The Hall–Kier alpha value is -2.62. The van der Waals surface area contributed by atoms with Gasteiger partial charge in [-0.1, -0.05) is 54.0 Å². The lowest BCUT2D eigenvalue weighted by molar-refractivity contribution is -0.235. The fourth-order valence-corrected chi connectivity index (χ4v) is 13.7. The predicted molar refractivity (Wildman–Crippen MR) is 219 cm³/mol. The second kappa shape index (κ2) is 15.2.